The maximum Gasteiger partial charge on any atom is 0.0624 e. The Morgan fingerprint density at radius 3 is 2.46 bits per heavy atom. The molecule has 0 heterocycles. The molecule has 2 N–H and O–H groups in total. The fraction of sp³-hybridized carbons (Fsp3) is 0.818. The van der Waals surface area contributed by atoms with Gasteiger partial charge in [-0.2, -0.15) is 0 Å². The van der Waals surface area contributed by atoms with Crippen LogP contribution in [0.15, 0.2) is 0 Å². The minimum Gasteiger partial charge on any atom is -0.374 e. The maximum absolute atomic E-state index is 5.83. The molecule has 0 aromatic heterocycles. The van der Waals surface area contributed by atoms with Gasteiger partial charge in [0.25, 0.3) is 0 Å². The predicted molar refractivity (Wildman–Crippen MR) is 56.4 cm³/mol. The minimum absolute atomic E-state index is 0.0892. The highest BCUT2D eigenvalue weighted by Gasteiger charge is 2.12. The van der Waals surface area contributed by atoms with E-state index in [4.69, 9.17) is 10.5 Å². The summed E-state index contributed by atoms with van der Waals surface area (Å²) in [5.41, 5.74) is 5.74. The van der Waals surface area contributed by atoms with Gasteiger partial charge in [0.1, 0.15) is 0 Å². The Balaban J connectivity index is 3.49. The molecule has 76 valence electrons. The average molecular weight is 183 g/mol. The second-order valence-electron chi connectivity index (χ2n) is 4.15. The number of nitrogens with two attached hydrogens (primary N) is 1. The summed E-state index contributed by atoms with van der Waals surface area (Å²) in [5, 5.41) is 0. The monoisotopic (exact) mass is 183 g/mol. The van der Waals surface area contributed by atoms with Crippen molar-refractivity contribution in [3.05, 3.63) is 0 Å². The van der Waals surface area contributed by atoms with Gasteiger partial charge in [0, 0.05) is 12.5 Å². The van der Waals surface area contributed by atoms with Gasteiger partial charge in [-0.1, -0.05) is 0 Å². The van der Waals surface area contributed by atoms with Crippen molar-refractivity contribution >= 4 is 0 Å². The molecule has 0 aliphatic rings. The average Bonchev–Trinajstić information content (AvgIpc) is 2.00. The van der Waals surface area contributed by atoms with Gasteiger partial charge in [0.05, 0.1) is 12.2 Å². The third-order valence-electron chi connectivity index (χ3n) is 1.55. The van der Waals surface area contributed by atoms with Crippen LogP contribution in [0.2, 0.25) is 0 Å². The lowest BCUT2D eigenvalue weighted by atomic mass is 10.1. The van der Waals surface area contributed by atoms with Crippen molar-refractivity contribution in [2.24, 2.45) is 5.73 Å². The van der Waals surface area contributed by atoms with Crippen LogP contribution in [-0.4, -0.2) is 18.2 Å². The SMILES string of the molecule is CC#CCCC(N)COC(C)(C)C. The Morgan fingerprint density at radius 1 is 1.38 bits per heavy atom. The van der Waals surface area contributed by atoms with Gasteiger partial charge >= 0.3 is 0 Å². The van der Waals surface area contributed by atoms with Crippen LogP contribution in [-0.2, 0) is 4.74 Å². The molecule has 1 unspecified atom stereocenters. The van der Waals surface area contributed by atoms with E-state index < -0.39 is 0 Å². The highest BCUT2D eigenvalue weighted by atomic mass is 16.5. The summed E-state index contributed by atoms with van der Waals surface area (Å²) in [6.07, 6.45) is 1.78. The highest BCUT2D eigenvalue weighted by molar-refractivity contribution is 4.95. The largest absolute Gasteiger partial charge is 0.374 e. The van der Waals surface area contributed by atoms with E-state index in [1.54, 1.807) is 0 Å². The van der Waals surface area contributed by atoms with Crippen molar-refractivity contribution in [2.75, 3.05) is 6.61 Å². The van der Waals surface area contributed by atoms with E-state index in [0.717, 1.165) is 12.8 Å². The molecule has 0 aliphatic heterocycles. The summed E-state index contributed by atoms with van der Waals surface area (Å²) in [5.74, 6) is 5.84. The van der Waals surface area contributed by atoms with Crippen LogP contribution in [0, 0.1) is 11.8 Å². The molecule has 0 spiro atoms. The first kappa shape index (κ1) is 12.5. The van der Waals surface area contributed by atoms with Gasteiger partial charge in [0.2, 0.25) is 0 Å². The van der Waals surface area contributed by atoms with E-state index in [2.05, 4.69) is 11.8 Å². The van der Waals surface area contributed by atoms with Crippen molar-refractivity contribution in [3.63, 3.8) is 0 Å². The molecule has 0 radical (unpaired) electrons. The second kappa shape index (κ2) is 6.01. The third kappa shape index (κ3) is 9.39. The Morgan fingerprint density at radius 2 is 2.00 bits per heavy atom. The molecule has 0 aliphatic carbocycles. The van der Waals surface area contributed by atoms with Gasteiger partial charge in [-0.3, -0.25) is 0 Å². The fourth-order valence-electron chi connectivity index (χ4n) is 0.823. The zero-order valence-corrected chi connectivity index (χ0v) is 9.18. The lowest BCUT2D eigenvalue weighted by molar-refractivity contribution is -0.0106. The molecule has 0 rings (SSSR count). The van der Waals surface area contributed by atoms with Crippen molar-refractivity contribution in [3.8, 4) is 11.8 Å². The van der Waals surface area contributed by atoms with Crippen molar-refractivity contribution in [2.45, 2.75) is 52.2 Å². The lowest BCUT2D eigenvalue weighted by Crippen LogP contribution is -2.31. The van der Waals surface area contributed by atoms with Crippen LogP contribution >= 0.6 is 0 Å². The molecule has 0 aromatic carbocycles. The molecule has 0 amide bonds. The molecule has 13 heavy (non-hydrogen) atoms. The quantitative estimate of drug-likeness (QED) is 0.676. The van der Waals surface area contributed by atoms with Crippen LogP contribution in [0.4, 0.5) is 0 Å². The number of ether oxygens (including phenoxy) is 1. The minimum atomic E-state index is -0.0892. The Labute approximate surface area is 81.8 Å². The summed E-state index contributed by atoms with van der Waals surface area (Å²) in [7, 11) is 0. The molecule has 0 bridgehead atoms. The predicted octanol–water partition coefficient (Wildman–Crippen LogP) is 1.93. The van der Waals surface area contributed by atoms with Crippen LogP contribution in [0.3, 0.4) is 0 Å². The van der Waals surface area contributed by atoms with Crippen LogP contribution in [0.1, 0.15) is 40.5 Å². The molecule has 0 saturated heterocycles. The van der Waals surface area contributed by atoms with E-state index in [0.29, 0.717) is 6.61 Å². The van der Waals surface area contributed by atoms with E-state index in [9.17, 15) is 0 Å². The van der Waals surface area contributed by atoms with Crippen LogP contribution in [0.25, 0.3) is 0 Å². The number of hydrogen-bond acceptors (Lipinski definition) is 2. The van der Waals surface area contributed by atoms with Crippen molar-refractivity contribution in [1.82, 2.24) is 0 Å². The third-order valence-corrected chi connectivity index (χ3v) is 1.55. The molecular weight excluding hydrogens is 162 g/mol. The van der Waals surface area contributed by atoms with Crippen molar-refractivity contribution in [1.29, 1.82) is 0 Å². The highest BCUT2D eigenvalue weighted by Crippen LogP contribution is 2.07. The molecule has 0 fully saturated rings. The van der Waals surface area contributed by atoms with Crippen LogP contribution in [0.5, 0.6) is 0 Å². The van der Waals surface area contributed by atoms with E-state index >= 15 is 0 Å². The Kier molecular flexibility index (Phi) is 5.77. The molecule has 1 atom stereocenters. The van der Waals surface area contributed by atoms with E-state index in [1.165, 1.54) is 0 Å². The summed E-state index contributed by atoms with van der Waals surface area (Å²) >= 11 is 0. The van der Waals surface area contributed by atoms with Gasteiger partial charge in [0.15, 0.2) is 0 Å². The first-order valence-corrected chi connectivity index (χ1v) is 4.75. The lowest BCUT2D eigenvalue weighted by Gasteiger charge is -2.22. The summed E-state index contributed by atoms with van der Waals surface area (Å²) in [6.45, 7) is 8.56. The standard InChI is InChI=1S/C11H21NO/c1-5-6-7-8-10(12)9-13-11(2,3)4/h10H,7-9,12H2,1-4H3. The van der Waals surface area contributed by atoms with Gasteiger partial charge in [-0.05, 0) is 34.1 Å². The van der Waals surface area contributed by atoms with Gasteiger partial charge < -0.3 is 10.5 Å². The zero-order chi connectivity index (χ0) is 10.3. The number of hydrogen-bond donors (Lipinski definition) is 1. The molecular formula is C11H21NO. The zero-order valence-electron chi connectivity index (χ0n) is 9.18. The first-order chi connectivity index (χ1) is 5.95. The molecule has 0 aromatic rings. The fourth-order valence-corrected chi connectivity index (χ4v) is 0.823. The van der Waals surface area contributed by atoms with Gasteiger partial charge in [-0.25, -0.2) is 0 Å². The van der Waals surface area contributed by atoms with Crippen LogP contribution < -0.4 is 5.73 Å². The normalized spacial score (nSPS) is 13.3. The second-order valence-corrected chi connectivity index (χ2v) is 4.15. The summed E-state index contributed by atoms with van der Waals surface area (Å²) in [6, 6.07) is 0.111. The van der Waals surface area contributed by atoms with E-state index in [-0.39, 0.29) is 11.6 Å². The summed E-state index contributed by atoms with van der Waals surface area (Å²) in [4.78, 5) is 0. The van der Waals surface area contributed by atoms with E-state index in [1.807, 2.05) is 27.7 Å². The summed E-state index contributed by atoms with van der Waals surface area (Å²) < 4.78 is 5.55. The van der Waals surface area contributed by atoms with Crippen molar-refractivity contribution < 1.29 is 4.74 Å². The molecule has 2 heteroatoms. The Hall–Kier alpha value is -0.520. The first-order valence-electron chi connectivity index (χ1n) is 4.75. The molecule has 0 saturated carbocycles. The molecule has 2 nitrogen and oxygen atoms in total. The topological polar surface area (TPSA) is 35.2 Å². The smallest absolute Gasteiger partial charge is 0.0624 e. The van der Waals surface area contributed by atoms with Gasteiger partial charge in [-0.15, -0.1) is 11.8 Å². The maximum atomic E-state index is 5.83. The number of rotatable bonds is 4. The Bertz CT molecular complexity index is 182.